The second-order valence-corrected chi connectivity index (χ2v) is 6.95. The van der Waals surface area contributed by atoms with Crippen molar-refractivity contribution in [1.82, 2.24) is 15.2 Å². The Morgan fingerprint density at radius 2 is 1.88 bits per heavy atom. The molecule has 2 fully saturated rings. The lowest BCUT2D eigenvalue weighted by Crippen LogP contribution is -2.47. The van der Waals surface area contributed by atoms with Crippen molar-refractivity contribution in [2.75, 3.05) is 13.1 Å². The molecule has 2 saturated heterocycles. The predicted molar refractivity (Wildman–Crippen MR) is 97.6 cm³/mol. The van der Waals surface area contributed by atoms with E-state index < -0.39 is 0 Å². The van der Waals surface area contributed by atoms with Crippen molar-refractivity contribution in [2.24, 2.45) is 0 Å². The summed E-state index contributed by atoms with van der Waals surface area (Å²) in [4.78, 5) is 30.3. The summed E-state index contributed by atoms with van der Waals surface area (Å²) in [5.41, 5.74) is 1.51. The largest absolute Gasteiger partial charge is 0.348 e. The Balaban J connectivity index is 1.50. The van der Waals surface area contributed by atoms with Crippen LogP contribution < -0.4 is 10.9 Å². The maximum absolute atomic E-state index is 12.6. The first-order chi connectivity index (χ1) is 12.2. The van der Waals surface area contributed by atoms with Crippen LogP contribution in [0.5, 0.6) is 0 Å². The molecule has 2 aliphatic heterocycles. The van der Waals surface area contributed by atoms with E-state index in [-0.39, 0.29) is 23.1 Å². The molecule has 25 heavy (non-hydrogen) atoms. The third kappa shape index (κ3) is 3.24. The molecule has 5 nitrogen and oxygen atoms in total. The van der Waals surface area contributed by atoms with Gasteiger partial charge in [0.2, 0.25) is 0 Å². The van der Waals surface area contributed by atoms with Gasteiger partial charge in [-0.1, -0.05) is 36.8 Å². The molecule has 1 aromatic carbocycles. The summed E-state index contributed by atoms with van der Waals surface area (Å²) in [5.74, 6) is -0.265. The monoisotopic (exact) mass is 337 g/mol. The van der Waals surface area contributed by atoms with E-state index >= 15 is 0 Å². The van der Waals surface area contributed by atoms with E-state index in [0.717, 1.165) is 37.2 Å². The van der Waals surface area contributed by atoms with Crippen LogP contribution in [0.2, 0.25) is 0 Å². The fourth-order valence-electron chi connectivity index (χ4n) is 4.10. The third-order valence-electron chi connectivity index (χ3n) is 5.41. The Labute approximate surface area is 147 Å². The highest BCUT2D eigenvalue weighted by molar-refractivity contribution is 5.94. The number of H-pyrrole nitrogens is 1. The maximum Gasteiger partial charge on any atom is 0.261 e. The van der Waals surface area contributed by atoms with E-state index in [4.69, 9.17) is 0 Å². The molecule has 5 heteroatoms. The highest BCUT2D eigenvalue weighted by Gasteiger charge is 2.36. The predicted octanol–water partition coefficient (Wildman–Crippen LogP) is 2.40. The zero-order valence-electron chi connectivity index (χ0n) is 14.2. The first kappa shape index (κ1) is 16.1. The van der Waals surface area contributed by atoms with E-state index in [9.17, 15) is 9.59 Å². The normalized spacial score (nSPS) is 23.2. The van der Waals surface area contributed by atoms with Crippen LogP contribution in [0.4, 0.5) is 0 Å². The van der Waals surface area contributed by atoms with Gasteiger partial charge in [0.1, 0.15) is 5.56 Å². The second-order valence-electron chi connectivity index (χ2n) is 6.95. The molecule has 3 heterocycles. The number of pyridine rings is 1. The molecule has 4 rings (SSSR count). The highest BCUT2D eigenvalue weighted by Crippen LogP contribution is 2.27. The molecule has 0 radical (unpaired) electrons. The minimum absolute atomic E-state index is 0.154. The average molecular weight is 337 g/mol. The summed E-state index contributed by atoms with van der Waals surface area (Å²) in [5, 5.41) is 3.09. The Kier molecular flexibility index (Phi) is 4.40. The quantitative estimate of drug-likeness (QED) is 0.904. The molecular formula is C20H23N3O2. The van der Waals surface area contributed by atoms with Gasteiger partial charge in [-0.25, -0.2) is 0 Å². The van der Waals surface area contributed by atoms with Gasteiger partial charge in [-0.05, 0) is 43.5 Å². The van der Waals surface area contributed by atoms with E-state index in [2.05, 4.69) is 15.2 Å². The summed E-state index contributed by atoms with van der Waals surface area (Å²) in [6.45, 7) is 2.17. The number of rotatable bonds is 3. The van der Waals surface area contributed by atoms with Gasteiger partial charge in [-0.2, -0.15) is 0 Å². The SMILES string of the molecule is O=C(N[C@H]1CCN2CCCC[C@H]12)c1ccc(-c2ccccc2)[nH]c1=O. The number of nitrogens with one attached hydrogen (secondary N) is 2. The van der Waals surface area contributed by atoms with Crippen LogP contribution in [0.1, 0.15) is 36.0 Å². The lowest BCUT2D eigenvalue weighted by atomic mass is 9.99. The van der Waals surface area contributed by atoms with Crippen molar-refractivity contribution in [3.05, 3.63) is 58.4 Å². The van der Waals surface area contributed by atoms with Crippen LogP contribution in [-0.4, -0.2) is 41.0 Å². The molecule has 2 aromatic rings. The third-order valence-corrected chi connectivity index (χ3v) is 5.41. The zero-order valence-corrected chi connectivity index (χ0v) is 14.2. The molecular weight excluding hydrogens is 314 g/mol. The number of nitrogens with zero attached hydrogens (tertiary/aromatic N) is 1. The van der Waals surface area contributed by atoms with Crippen molar-refractivity contribution >= 4 is 5.91 Å². The number of aromatic nitrogens is 1. The van der Waals surface area contributed by atoms with E-state index in [1.165, 1.54) is 12.8 Å². The number of carbonyl (C=O) groups excluding carboxylic acids is 1. The van der Waals surface area contributed by atoms with Crippen LogP contribution in [-0.2, 0) is 0 Å². The highest BCUT2D eigenvalue weighted by atomic mass is 16.2. The molecule has 0 unspecified atom stereocenters. The average Bonchev–Trinajstić information content (AvgIpc) is 3.05. The van der Waals surface area contributed by atoms with Gasteiger partial charge in [-0.3, -0.25) is 14.5 Å². The van der Waals surface area contributed by atoms with Gasteiger partial charge in [0.15, 0.2) is 0 Å². The molecule has 1 aromatic heterocycles. The summed E-state index contributed by atoms with van der Waals surface area (Å²) >= 11 is 0. The molecule has 2 N–H and O–H groups in total. The Bertz CT molecular complexity index is 815. The van der Waals surface area contributed by atoms with Crippen LogP contribution in [0.3, 0.4) is 0 Å². The topological polar surface area (TPSA) is 65.2 Å². The molecule has 2 atom stereocenters. The zero-order chi connectivity index (χ0) is 17.2. The lowest BCUT2D eigenvalue weighted by Gasteiger charge is -2.32. The van der Waals surface area contributed by atoms with Crippen molar-refractivity contribution in [3.63, 3.8) is 0 Å². The van der Waals surface area contributed by atoms with Gasteiger partial charge >= 0.3 is 0 Å². The Hall–Kier alpha value is -2.40. The van der Waals surface area contributed by atoms with Gasteiger partial charge in [0.25, 0.3) is 11.5 Å². The van der Waals surface area contributed by atoms with Crippen LogP contribution in [0.15, 0.2) is 47.3 Å². The molecule has 130 valence electrons. The summed E-state index contributed by atoms with van der Waals surface area (Å²) in [7, 11) is 0. The van der Waals surface area contributed by atoms with Crippen molar-refractivity contribution in [2.45, 2.75) is 37.8 Å². The number of piperidine rings is 1. The fourth-order valence-corrected chi connectivity index (χ4v) is 4.10. The number of hydrogen-bond acceptors (Lipinski definition) is 3. The van der Waals surface area contributed by atoms with Crippen molar-refractivity contribution < 1.29 is 4.79 Å². The van der Waals surface area contributed by atoms with Gasteiger partial charge < -0.3 is 10.3 Å². The Morgan fingerprint density at radius 3 is 2.68 bits per heavy atom. The summed E-state index contributed by atoms with van der Waals surface area (Å²) < 4.78 is 0. The van der Waals surface area contributed by atoms with Crippen molar-refractivity contribution in [1.29, 1.82) is 0 Å². The van der Waals surface area contributed by atoms with Gasteiger partial charge in [0, 0.05) is 24.3 Å². The van der Waals surface area contributed by atoms with E-state index in [0.29, 0.717) is 6.04 Å². The van der Waals surface area contributed by atoms with Gasteiger partial charge in [0.05, 0.1) is 0 Å². The first-order valence-corrected chi connectivity index (χ1v) is 9.06. The molecule has 0 aliphatic carbocycles. The smallest absolute Gasteiger partial charge is 0.261 e. The molecule has 0 bridgehead atoms. The van der Waals surface area contributed by atoms with Crippen LogP contribution in [0.25, 0.3) is 11.3 Å². The number of benzene rings is 1. The molecule has 0 saturated carbocycles. The molecule has 1 amide bonds. The minimum atomic E-state index is -0.336. The number of hydrogen-bond donors (Lipinski definition) is 2. The summed E-state index contributed by atoms with van der Waals surface area (Å²) in [6, 6.07) is 13.6. The van der Waals surface area contributed by atoms with Crippen molar-refractivity contribution in [3.8, 4) is 11.3 Å². The fraction of sp³-hybridized carbons (Fsp3) is 0.400. The number of fused-ring (bicyclic) bond motifs is 1. The standard InChI is InChI=1S/C20H23N3O2/c24-19-15(9-10-16(21-19)14-6-2-1-3-7-14)20(25)22-17-11-13-23-12-5-4-8-18(17)23/h1-3,6-7,9-10,17-18H,4-5,8,11-13H2,(H,21,24)(H,22,25)/t17-,18+/m0/s1. The first-order valence-electron chi connectivity index (χ1n) is 9.06. The molecule has 0 spiro atoms. The second kappa shape index (κ2) is 6.84. The summed E-state index contributed by atoms with van der Waals surface area (Å²) in [6.07, 6.45) is 4.57. The molecule has 2 aliphatic rings. The number of amides is 1. The lowest BCUT2D eigenvalue weighted by molar-refractivity contribution is 0.0914. The minimum Gasteiger partial charge on any atom is -0.348 e. The Morgan fingerprint density at radius 1 is 1.04 bits per heavy atom. The van der Waals surface area contributed by atoms with E-state index in [1.807, 2.05) is 30.3 Å². The number of aromatic amines is 1. The maximum atomic E-state index is 12.6. The van der Waals surface area contributed by atoms with Gasteiger partial charge in [-0.15, -0.1) is 0 Å². The van der Waals surface area contributed by atoms with Crippen LogP contribution in [0, 0.1) is 0 Å². The van der Waals surface area contributed by atoms with E-state index in [1.54, 1.807) is 12.1 Å². The number of carbonyl (C=O) groups is 1. The van der Waals surface area contributed by atoms with Crippen LogP contribution >= 0.6 is 0 Å².